The third kappa shape index (κ3) is 3.38. The van der Waals surface area contributed by atoms with Crippen LogP contribution in [0, 0.1) is 5.92 Å². The molecule has 0 atom stereocenters. The van der Waals surface area contributed by atoms with Crippen molar-refractivity contribution in [1.29, 1.82) is 0 Å². The van der Waals surface area contributed by atoms with Crippen LogP contribution in [0.25, 0.3) is 0 Å². The van der Waals surface area contributed by atoms with E-state index in [1.807, 2.05) is 6.07 Å². The predicted octanol–water partition coefficient (Wildman–Crippen LogP) is -1.72. The molecule has 8 nitrogen and oxygen atoms in total. The first-order valence-electron chi connectivity index (χ1n) is 8.43. The third-order valence-corrected chi connectivity index (χ3v) is 6.00. The van der Waals surface area contributed by atoms with Crippen LogP contribution in [0.1, 0.15) is 12.8 Å². The van der Waals surface area contributed by atoms with Gasteiger partial charge in [0, 0.05) is 0 Å². The number of likely N-dealkylation sites (N-methyl/N-ethyl adjacent to an activating group) is 1. The molecular formula is C18H18IN4O4-. The fourth-order valence-electron chi connectivity index (χ4n) is 2.74. The fraction of sp³-hybridized carbons (Fsp3) is 0.278. The number of hydrogen-bond donors (Lipinski definition) is 3. The predicted molar refractivity (Wildman–Crippen MR) is 94.7 cm³/mol. The van der Waals surface area contributed by atoms with Crippen molar-refractivity contribution in [2.24, 2.45) is 9.12 Å². The summed E-state index contributed by atoms with van der Waals surface area (Å²) in [6.07, 6.45) is 1.78. The van der Waals surface area contributed by atoms with Gasteiger partial charge in [0.15, 0.2) is 0 Å². The molecule has 0 bridgehead atoms. The summed E-state index contributed by atoms with van der Waals surface area (Å²) in [4.78, 5) is 24.7. The molecule has 4 rings (SSSR count). The molecule has 1 aromatic carbocycles. The van der Waals surface area contributed by atoms with Crippen molar-refractivity contribution in [2.75, 3.05) is 19.5 Å². The molecule has 1 aromatic rings. The summed E-state index contributed by atoms with van der Waals surface area (Å²) in [5, 5.41) is 8.78. The molecule has 2 aliphatic heterocycles. The Hall–Kier alpha value is -2.56. The van der Waals surface area contributed by atoms with Gasteiger partial charge in [0.05, 0.1) is 0 Å². The minimum absolute atomic E-state index is 0.0357. The molecule has 1 fully saturated rings. The number of hydrogen-bond acceptors (Lipinski definition) is 6. The van der Waals surface area contributed by atoms with Crippen molar-refractivity contribution in [3.05, 3.63) is 39.3 Å². The molecule has 0 aromatic heterocycles. The number of amidine groups is 1. The maximum absolute atomic E-state index is 12.4. The molecule has 3 N–H and O–H groups in total. The molecule has 142 valence electrons. The van der Waals surface area contributed by atoms with E-state index in [2.05, 4.69) is 19.2 Å². The molecule has 1 aliphatic carbocycles. The van der Waals surface area contributed by atoms with Crippen molar-refractivity contribution in [2.45, 2.75) is 12.8 Å². The maximum atomic E-state index is 12.4. The second-order valence-electron chi connectivity index (χ2n) is 6.16. The van der Waals surface area contributed by atoms with Gasteiger partial charge in [-0.15, -0.1) is 0 Å². The van der Waals surface area contributed by atoms with Crippen LogP contribution in [0.5, 0.6) is 11.5 Å². The Kier molecular flexibility index (Phi) is 4.77. The van der Waals surface area contributed by atoms with Gasteiger partial charge in [-0.05, 0) is 0 Å². The van der Waals surface area contributed by atoms with Crippen LogP contribution < -0.4 is 46.9 Å². The fourth-order valence-corrected chi connectivity index (χ4v) is 4.37. The molecule has 0 saturated heterocycles. The molecule has 0 radical (unpaired) electrons. The number of fused-ring (bicyclic) bond motifs is 1. The number of carbonyl (C=O) groups excluding carboxylic acids is 2. The number of nitrogens with zero attached hydrogens (tertiary/aromatic N) is 1. The van der Waals surface area contributed by atoms with E-state index in [4.69, 9.17) is 9.47 Å². The van der Waals surface area contributed by atoms with Gasteiger partial charge in [0.2, 0.25) is 0 Å². The molecule has 1 saturated carbocycles. The number of nitrogens with one attached hydrogen (secondary N) is 3. The molecule has 0 spiro atoms. The molecule has 3 aliphatic rings. The van der Waals surface area contributed by atoms with E-state index in [1.165, 1.54) is 0 Å². The van der Waals surface area contributed by atoms with E-state index >= 15 is 0 Å². The van der Waals surface area contributed by atoms with Crippen LogP contribution in [0.2, 0.25) is 0 Å². The normalized spacial score (nSPS) is 18.1. The van der Waals surface area contributed by atoms with Gasteiger partial charge in [-0.1, -0.05) is 0 Å². The number of amides is 2. The first-order valence-corrected chi connectivity index (χ1v) is 10.6. The summed E-state index contributed by atoms with van der Waals surface area (Å²) in [6.45, 7) is 0. The third-order valence-electron chi connectivity index (χ3n) is 4.33. The van der Waals surface area contributed by atoms with Gasteiger partial charge in [-0.25, -0.2) is 0 Å². The summed E-state index contributed by atoms with van der Waals surface area (Å²) < 4.78 is 17.8. The summed E-state index contributed by atoms with van der Waals surface area (Å²) in [5.74, 6) is 1.57. The quantitative estimate of drug-likeness (QED) is 0.447. The van der Waals surface area contributed by atoms with Crippen molar-refractivity contribution in [1.82, 2.24) is 10.6 Å². The first kappa shape index (κ1) is 17.8. The van der Waals surface area contributed by atoms with Crippen LogP contribution in [0.3, 0.4) is 0 Å². The van der Waals surface area contributed by atoms with E-state index in [9.17, 15) is 9.59 Å². The summed E-state index contributed by atoms with van der Waals surface area (Å²) in [5.41, 5.74) is 1.54. The van der Waals surface area contributed by atoms with Crippen LogP contribution in [-0.4, -0.2) is 31.8 Å². The van der Waals surface area contributed by atoms with Gasteiger partial charge < -0.3 is 0 Å². The molecule has 2 heterocycles. The Morgan fingerprint density at radius 1 is 1.37 bits per heavy atom. The van der Waals surface area contributed by atoms with Crippen LogP contribution >= 0.6 is 0 Å². The van der Waals surface area contributed by atoms with E-state index in [0.717, 1.165) is 12.8 Å². The van der Waals surface area contributed by atoms with Crippen LogP contribution in [0.4, 0.5) is 5.69 Å². The second kappa shape index (κ2) is 7.22. The zero-order chi connectivity index (χ0) is 19.0. The molecule has 2 amide bonds. The number of benzene rings is 1. The average molecular weight is 481 g/mol. The Morgan fingerprint density at radius 3 is 2.89 bits per heavy atom. The zero-order valence-corrected chi connectivity index (χ0v) is 16.9. The minimum atomic E-state index is -0.834. The number of para-hydroxylation sites is 1. The summed E-state index contributed by atoms with van der Waals surface area (Å²) >= 11 is -0.834. The number of methoxy groups -OCH3 is 1. The van der Waals surface area contributed by atoms with Gasteiger partial charge >= 0.3 is 167 Å². The summed E-state index contributed by atoms with van der Waals surface area (Å²) in [7, 11) is 3.14. The average Bonchev–Trinajstić information content (AvgIpc) is 3.54. The molecular weight excluding hydrogens is 463 g/mol. The summed E-state index contributed by atoms with van der Waals surface area (Å²) in [6, 6.07) is 5.40. The van der Waals surface area contributed by atoms with E-state index in [-0.39, 0.29) is 17.7 Å². The Balaban J connectivity index is 1.77. The van der Waals surface area contributed by atoms with Crippen molar-refractivity contribution in [3.8, 4) is 11.5 Å². The van der Waals surface area contributed by atoms with Crippen LogP contribution in [0.15, 0.2) is 42.5 Å². The molecule has 0 unspecified atom stereocenters. The first-order chi connectivity index (χ1) is 13.1. The van der Waals surface area contributed by atoms with E-state index in [1.54, 1.807) is 30.4 Å². The Morgan fingerprint density at radius 2 is 2.19 bits per heavy atom. The van der Waals surface area contributed by atoms with Gasteiger partial charge in [-0.3, -0.25) is 0 Å². The van der Waals surface area contributed by atoms with Crippen molar-refractivity contribution in [3.63, 3.8) is 0 Å². The van der Waals surface area contributed by atoms with Crippen molar-refractivity contribution >= 4 is 23.3 Å². The number of rotatable bonds is 3. The van der Waals surface area contributed by atoms with Gasteiger partial charge in [-0.2, -0.15) is 0 Å². The monoisotopic (exact) mass is 481 g/mol. The van der Waals surface area contributed by atoms with Gasteiger partial charge in [0.1, 0.15) is 0 Å². The van der Waals surface area contributed by atoms with E-state index in [0.29, 0.717) is 40.1 Å². The molecule has 27 heavy (non-hydrogen) atoms. The van der Waals surface area contributed by atoms with E-state index < -0.39 is 21.5 Å². The van der Waals surface area contributed by atoms with Gasteiger partial charge in [0.25, 0.3) is 0 Å². The molecule has 9 heteroatoms. The SMILES string of the molecule is CNC(=O)C1=C[I-]N=C(NC(=O)C2CC2)C2=C1Nc1c(OC)cccc1O2. The number of carbonyl (C=O) groups is 2. The zero-order valence-electron chi connectivity index (χ0n) is 14.8. The standard InChI is InChI=1S/C18H18IN4O4/c1-20-18(25)10-8-19-23-16(22-17(24)9-6-7-9)15-13(10)21-14-11(26-2)4-3-5-12(14)27-15/h3-5,8-9,21H,6-7H2,1-2H3,(H,20,25)(H,22,23,24)/q-1. The number of ether oxygens (including phenoxy) is 2. The Bertz CT molecular complexity index is 918. The number of anilines is 1. The second-order valence-corrected chi connectivity index (χ2v) is 7.82. The van der Waals surface area contributed by atoms with Crippen LogP contribution in [-0.2, 0) is 9.59 Å². The van der Waals surface area contributed by atoms with Crippen molar-refractivity contribution < 1.29 is 40.5 Å². The number of halogens is 1. The topological polar surface area (TPSA) is 101 Å². The Labute approximate surface area is 166 Å².